The molecule has 1 aromatic carbocycles. The molecule has 0 spiro atoms. The molecule has 3 aromatic rings. The van der Waals surface area contributed by atoms with Crippen molar-refractivity contribution in [2.24, 2.45) is 0 Å². The second-order valence-corrected chi connectivity index (χ2v) is 13.6. The lowest BCUT2D eigenvalue weighted by molar-refractivity contribution is -0.126. The Morgan fingerprint density at radius 3 is 2.33 bits per heavy atom. The van der Waals surface area contributed by atoms with Gasteiger partial charge < -0.3 is 23.8 Å². The molecule has 48 heavy (non-hydrogen) atoms. The molecule has 4 amide bonds. The Morgan fingerprint density at radius 2 is 1.69 bits per heavy atom. The highest BCUT2D eigenvalue weighted by Gasteiger charge is 2.33. The molecule has 2 aromatic heterocycles. The van der Waals surface area contributed by atoms with E-state index in [2.05, 4.69) is 20.6 Å². The molecule has 2 aliphatic rings. The molecule has 256 valence electrons. The van der Waals surface area contributed by atoms with Crippen LogP contribution in [0, 0.1) is 12.7 Å². The number of carbonyl (C=O) groups excluding carboxylic acids is 4. The number of likely N-dealkylation sites (N-methyl/N-ethyl adjacent to an activating group) is 1. The number of hydrogen-bond acceptors (Lipinski definition) is 10. The van der Waals surface area contributed by atoms with Crippen molar-refractivity contribution < 1.29 is 42.5 Å². The summed E-state index contributed by atoms with van der Waals surface area (Å²) in [6.45, 7) is 12.6. The van der Waals surface area contributed by atoms with Crippen molar-refractivity contribution in [3.05, 3.63) is 35.9 Å². The first-order chi connectivity index (χ1) is 22.4. The van der Waals surface area contributed by atoms with E-state index >= 15 is 4.39 Å². The Morgan fingerprint density at radius 1 is 0.979 bits per heavy atom. The number of amides is 4. The Hall–Kier alpha value is -5.21. The molecule has 0 saturated carbocycles. The first kappa shape index (κ1) is 34.1. The van der Waals surface area contributed by atoms with E-state index in [0.717, 1.165) is 0 Å². The number of carbonyl (C=O) groups is 4. The van der Waals surface area contributed by atoms with E-state index in [4.69, 9.17) is 18.9 Å². The molecule has 14 nitrogen and oxygen atoms in total. The fourth-order valence-corrected chi connectivity index (χ4v) is 5.36. The molecule has 2 N–H and O–H groups in total. The molecule has 1 saturated heterocycles. The van der Waals surface area contributed by atoms with Crippen LogP contribution in [0.1, 0.15) is 53.5 Å². The van der Waals surface area contributed by atoms with Crippen LogP contribution in [0.25, 0.3) is 21.9 Å². The van der Waals surface area contributed by atoms with Crippen LogP contribution < -0.4 is 20.3 Å². The zero-order chi connectivity index (χ0) is 35.1. The highest BCUT2D eigenvalue weighted by molar-refractivity contribution is 6.05. The van der Waals surface area contributed by atoms with Crippen molar-refractivity contribution in [3.63, 3.8) is 0 Å². The summed E-state index contributed by atoms with van der Waals surface area (Å²) in [6.07, 6.45) is -0.145. The first-order valence-corrected chi connectivity index (χ1v) is 15.4. The fraction of sp³-hybridized carbons (Fsp3) is 0.455. The fourth-order valence-electron chi connectivity index (χ4n) is 5.36. The number of anilines is 3. The van der Waals surface area contributed by atoms with Crippen LogP contribution in [0.4, 0.5) is 36.0 Å². The third-order valence-electron chi connectivity index (χ3n) is 7.40. The minimum atomic E-state index is -0.897. The molecular formula is C33H39FN6O8. The smallest absolute Gasteiger partial charge is 0.415 e. The van der Waals surface area contributed by atoms with Crippen molar-refractivity contribution in [1.29, 1.82) is 0 Å². The minimum absolute atomic E-state index is 0.0308. The van der Waals surface area contributed by atoms with Crippen LogP contribution in [0.5, 0.6) is 5.88 Å². The molecule has 2 aliphatic heterocycles. The number of aromatic nitrogens is 2. The van der Waals surface area contributed by atoms with Crippen LogP contribution in [-0.2, 0) is 19.0 Å². The van der Waals surface area contributed by atoms with Gasteiger partial charge in [0.05, 0.1) is 25.2 Å². The van der Waals surface area contributed by atoms with Crippen molar-refractivity contribution in [3.8, 4) is 17.0 Å². The third-order valence-corrected chi connectivity index (χ3v) is 7.40. The van der Waals surface area contributed by atoms with Gasteiger partial charge in [-0.25, -0.2) is 28.7 Å². The maximum Gasteiger partial charge on any atom is 0.415 e. The third kappa shape index (κ3) is 7.50. The summed E-state index contributed by atoms with van der Waals surface area (Å²) >= 11 is 0. The van der Waals surface area contributed by atoms with E-state index in [1.165, 1.54) is 34.3 Å². The lowest BCUT2D eigenvalue weighted by Crippen LogP contribution is -2.42. The van der Waals surface area contributed by atoms with Crippen molar-refractivity contribution in [2.45, 2.75) is 72.2 Å². The molecule has 0 radical (unpaired) electrons. The van der Waals surface area contributed by atoms with Gasteiger partial charge in [0.15, 0.2) is 5.82 Å². The Balaban J connectivity index is 1.57. The van der Waals surface area contributed by atoms with Gasteiger partial charge in [-0.15, -0.1) is 0 Å². The summed E-state index contributed by atoms with van der Waals surface area (Å²) in [5.41, 5.74) is -0.721. The molecule has 1 unspecified atom stereocenters. The van der Waals surface area contributed by atoms with Gasteiger partial charge in [-0.1, -0.05) is 0 Å². The number of nitrogens with zero attached hydrogens (tertiary/aromatic N) is 4. The maximum absolute atomic E-state index is 16.6. The Kier molecular flexibility index (Phi) is 9.08. The SMILES string of the molecule is Cc1c(-c2cc3cc(NC(=O)OC4CC(=O)N(C)C4)ncc3c(NC(=O)OC(C)(C)C)c2F)cnc2c1N(C(=O)OC(C)(C)C)CCO2. The monoisotopic (exact) mass is 666 g/mol. The number of pyridine rings is 2. The number of benzene rings is 1. The molecule has 15 heteroatoms. The normalized spacial score (nSPS) is 16.3. The second-order valence-electron chi connectivity index (χ2n) is 13.6. The number of likely N-dealkylation sites (tertiary alicyclic amines) is 1. The van der Waals surface area contributed by atoms with Gasteiger partial charge in [0.1, 0.15) is 35.4 Å². The maximum atomic E-state index is 16.6. The van der Waals surface area contributed by atoms with E-state index in [-0.39, 0.29) is 60.4 Å². The lowest BCUT2D eigenvalue weighted by Gasteiger charge is -2.32. The van der Waals surface area contributed by atoms with Crippen LogP contribution in [0.15, 0.2) is 24.5 Å². The molecule has 4 heterocycles. The summed E-state index contributed by atoms with van der Waals surface area (Å²) in [5, 5.41) is 5.67. The molecule has 0 bridgehead atoms. The number of hydrogen-bond donors (Lipinski definition) is 2. The van der Waals surface area contributed by atoms with Gasteiger partial charge in [-0.2, -0.15) is 0 Å². The second kappa shape index (κ2) is 12.8. The highest BCUT2D eigenvalue weighted by atomic mass is 19.1. The minimum Gasteiger partial charge on any atom is -0.474 e. The van der Waals surface area contributed by atoms with Gasteiger partial charge >= 0.3 is 18.3 Å². The standard InChI is InChI=1S/C33H39FN6O8/c1-17-21(14-36-28-27(17)40(9-10-45-28)31(44)48-33(5,6)7)20-11-18-12-23(37-29(42)46-19-13-24(41)39(8)16-19)35-15-22(18)26(25(20)34)38-30(43)47-32(2,3)4/h11-12,14-15,19H,9-10,13,16H2,1-8H3,(H,38,43)(H,35,37,42). The van der Waals surface area contributed by atoms with Crippen molar-refractivity contribution in [1.82, 2.24) is 14.9 Å². The van der Waals surface area contributed by atoms with Gasteiger partial charge in [0.25, 0.3) is 0 Å². The summed E-state index contributed by atoms with van der Waals surface area (Å²) < 4.78 is 38.7. The molecule has 5 rings (SSSR count). The molecular weight excluding hydrogens is 627 g/mol. The van der Waals surface area contributed by atoms with Gasteiger partial charge in [0, 0.05) is 36.0 Å². The quantitative estimate of drug-likeness (QED) is 0.316. The van der Waals surface area contributed by atoms with Gasteiger partial charge in [0.2, 0.25) is 11.8 Å². The first-order valence-electron chi connectivity index (χ1n) is 15.4. The molecule has 1 fully saturated rings. The average molecular weight is 667 g/mol. The number of halogens is 1. The Labute approximate surface area is 276 Å². The highest BCUT2D eigenvalue weighted by Crippen LogP contribution is 2.42. The average Bonchev–Trinajstić information content (AvgIpc) is 3.28. The lowest BCUT2D eigenvalue weighted by atomic mass is 9.96. The molecule has 1 atom stereocenters. The van der Waals surface area contributed by atoms with E-state index in [0.29, 0.717) is 22.2 Å². The zero-order valence-corrected chi connectivity index (χ0v) is 28.1. The number of nitrogens with one attached hydrogen (secondary N) is 2. The van der Waals surface area contributed by atoms with E-state index < -0.39 is 41.4 Å². The van der Waals surface area contributed by atoms with Crippen molar-refractivity contribution in [2.75, 3.05) is 42.3 Å². The topological polar surface area (TPSA) is 162 Å². The number of ether oxygens (including phenoxy) is 4. The summed E-state index contributed by atoms with van der Waals surface area (Å²) in [4.78, 5) is 62.1. The largest absolute Gasteiger partial charge is 0.474 e. The Bertz CT molecular complexity index is 1800. The van der Waals surface area contributed by atoms with Crippen LogP contribution in [-0.4, -0.2) is 83.1 Å². The van der Waals surface area contributed by atoms with Gasteiger partial charge in [-0.05, 0) is 71.5 Å². The van der Waals surface area contributed by atoms with Crippen LogP contribution in [0.3, 0.4) is 0 Å². The predicted molar refractivity (Wildman–Crippen MR) is 175 cm³/mol. The van der Waals surface area contributed by atoms with E-state index in [1.54, 1.807) is 55.5 Å². The van der Waals surface area contributed by atoms with Crippen molar-refractivity contribution >= 4 is 52.2 Å². The summed E-state index contributed by atoms with van der Waals surface area (Å²) in [5.74, 6) is -0.679. The van der Waals surface area contributed by atoms with Crippen LogP contribution in [0.2, 0.25) is 0 Å². The number of fused-ring (bicyclic) bond motifs is 2. The summed E-state index contributed by atoms with van der Waals surface area (Å²) in [7, 11) is 1.62. The number of rotatable bonds is 4. The van der Waals surface area contributed by atoms with E-state index in [9.17, 15) is 19.2 Å². The predicted octanol–water partition coefficient (Wildman–Crippen LogP) is 6.00. The van der Waals surface area contributed by atoms with Crippen LogP contribution >= 0.6 is 0 Å². The molecule has 0 aliphatic carbocycles. The van der Waals surface area contributed by atoms with E-state index in [1.807, 2.05) is 0 Å². The zero-order valence-electron chi connectivity index (χ0n) is 28.1. The van der Waals surface area contributed by atoms with Gasteiger partial charge in [-0.3, -0.25) is 20.3 Å². The summed E-state index contributed by atoms with van der Waals surface area (Å²) in [6, 6.07) is 3.01.